The molecule has 1 aromatic carbocycles. The molecule has 9 nitrogen and oxygen atoms in total. The predicted molar refractivity (Wildman–Crippen MR) is 198 cm³/mol. The Morgan fingerprint density at radius 3 is 1.98 bits per heavy atom. The molecule has 1 aromatic rings. The van der Waals surface area contributed by atoms with Crippen LogP contribution in [0.3, 0.4) is 0 Å². The van der Waals surface area contributed by atoms with E-state index in [4.69, 9.17) is 0 Å². The number of likely N-dealkylation sites (tertiary alicyclic amines) is 2. The highest BCUT2D eigenvalue weighted by molar-refractivity contribution is 5.95. The molecule has 0 bridgehead atoms. The zero-order valence-corrected chi connectivity index (χ0v) is 30.8. The van der Waals surface area contributed by atoms with Crippen LogP contribution in [0, 0.1) is 6.92 Å². The molecule has 9 heteroatoms. The molecule has 3 atom stereocenters. The van der Waals surface area contributed by atoms with Gasteiger partial charge in [-0.2, -0.15) is 0 Å². The lowest BCUT2D eigenvalue weighted by molar-refractivity contribution is -0.146. The van der Waals surface area contributed by atoms with Crippen LogP contribution in [0.1, 0.15) is 146 Å². The van der Waals surface area contributed by atoms with E-state index in [0.717, 1.165) is 43.2 Å². The number of aryl methyl sites for hydroxylation is 1. The molecular formula is C41H63N3O6. The van der Waals surface area contributed by atoms with Gasteiger partial charge in [0.2, 0.25) is 17.7 Å². The number of nitrogens with zero attached hydrogens (tertiary/aromatic N) is 2. The Balaban J connectivity index is 1.34. The highest BCUT2D eigenvalue weighted by atomic mass is 16.4. The predicted octanol–water partition coefficient (Wildman–Crippen LogP) is 7.48. The van der Waals surface area contributed by atoms with Gasteiger partial charge in [-0.3, -0.25) is 19.2 Å². The summed E-state index contributed by atoms with van der Waals surface area (Å²) in [5.74, 6) is -1.97. The standard InChI is InChI=1S/C41H63N3O6/c1-3-4-5-6-7-8-9-10-11-12-13-14-15-16-17-22-39(47)43-29-19-21-36(43)40(48)44-30-18-20-35(44)37(45)27-28-38(46)42-34(41(49)50)31-33-25-23-32(2)24-26-33/h10-11,23-26,34-36H,3-9,12-22,27-31H2,1-2H3,(H,42,46)(H,49,50)/b11-10-/t34-,35-,36-/m0/s1. The van der Waals surface area contributed by atoms with Crippen molar-refractivity contribution in [2.45, 2.75) is 167 Å². The molecular weight excluding hydrogens is 630 g/mol. The van der Waals surface area contributed by atoms with Crippen molar-refractivity contribution < 1.29 is 29.1 Å². The molecule has 0 radical (unpaired) electrons. The molecule has 0 aromatic heterocycles. The topological polar surface area (TPSA) is 124 Å². The summed E-state index contributed by atoms with van der Waals surface area (Å²) < 4.78 is 0. The van der Waals surface area contributed by atoms with Crippen LogP contribution in [0.5, 0.6) is 0 Å². The minimum Gasteiger partial charge on any atom is -0.480 e. The van der Waals surface area contributed by atoms with Gasteiger partial charge in [0.1, 0.15) is 12.1 Å². The third-order valence-corrected chi connectivity index (χ3v) is 10.2. The fraction of sp³-hybridized carbons (Fsp3) is 0.683. The van der Waals surface area contributed by atoms with E-state index in [-0.39, 0.29) is 36.9 Å². The molecule has 0 saturated carbocycles. The first-order valence-electron chi connectivity index (χ1n) is 19.6. The van der Waals surface area contributed by atoms with Crippen LogP contribution in [-0.4, -0.2) is 75.6 Å². The Morgan fingerprint density at radius 2 is 1.34 bits per heavy atom. The third kappa shape index (κ3) is 14.4. The monoisotopic (exact) mass is 693 g/mol. The number of amides is 3. The van der Waals surface area contributed by atoms with Crippen LogP contribution in [0.15, 0.2) is 36.4 Å². The summed E-state index contributed by atoms with van der Waals surface area (Å²) in [5.41, 5.74) is 1.86. The molecule has 0 spiro atoms. The normalized spacial score (nSPS) is 18.1. The van der Waals surface area contributed by atoms with Gasteiger partial charge in [0.15, 0.2) is 5.78 Å². The number of hydrogen-bond acceptors (Lipinski definition) is 5. The van der Waals surface area contributed by atoms with Crippen molar-refractivity contribution in [1.29, 1.82) is 0 Å². The number of unbranched alkanes of at least 4 members (excludes halogenated alkanes) is 11. The molecule has 50 heavy (non-hydrogen) atoms. The van der Waals surface area contributed by atoms with E-state index in [1.807, 2.05) is 31.2 Å². The number of carbonyl (C=O) groups is 5. The zero-order valence-electron chi connectivity index (χ0n) is 30.8. The van der Waals surface area contributed by atoms with Crippen molar-refractivity contribution in [2.75, 3.05) is 13.1 Å². The molecule has 2 saturated heterocycles. The number of rotatable bonds is 24. The molecule has 278 valence electrons. The Kier molecular flexibility index (Phi) is 18.9. The fourth-order valence-corrected chi connectivity index (χ4v) is 7.20. The van der Waals surface area contributed by atoms with Gasteiger partial charge >= 0.3 is 5.97 Å². The number of carbonyl (C=O) groups excluding carboxylic acids is 4. The van der Waals surface area contributed by atoms with Crippen LogP contribution in [0.2, 0.25) is 0 Å². The summed E-state index contributed by atoms with van der Waals surface area (Å²) in [6.45, 7) is 5.23. The summed E-state index contributed by atoms with van der Waals surface area (Å²) >= 11 is 0. The van der Waals surface area contributed by atoms with Crippen molar-refractivity contribution in [3.8, 4) is 0 Å². The lowest BCUT2D eigenvalue weighted by atomic mass is 10.0. The van der Waals surface area contributed by atoms with Crippen LogP contribution in [0.25, 0.3) is 0 Å². The van der Waals surface area contributed by atoms with Crippen molar-refractivity contribution >= 4 is 29.5 Å². The molecule has 2 heterocycles. The minimum absolute atomic E-state index is 0.0239. The fourth-order valence-electron chi connectivity index (χ4n) is 7.20. The molecule has 2 fully saturated rings. The third-order valence-electron chi connectivity index (χ3n) is 10.2. The summed E-state index contributed by atoms with van der Waals surface area (Å²) in [6, 6.07) is 5.23. The maximum absolute atomic E-state index is 13.7. The Labute approximate surface area is 300 Å². The van der Waals surface area contributed by atoms with E-state index in [1.165, 1.54) is 57.8 Å². The smallest absolute Gasteiger partial charge is 0.326 e. The summed E-state index contributed by atoms with van der Waals surface area (Å²) in [5, 5.41) is 12.2. The van der Waals surface area contributed by atoms with Crippen LogP contribution >= 0.6 is 0 Å². The molecule has 3 rings (SSSR count). The number of carboxylic acids is 1. The number of Topliss-reactive ketones (excluding diaryl/α,β-unsaturated/α-hetero) is 1. The minimum atomic E-state index is -1.13. The lowest BCUT2D eigenvalue weighted by Gasteiger charge is -2.31. The molecule has 2 aliphatic heterocycles. The maximum atomic E-state index is 13.7. The number of allylic oxidation sites excluding steroid dienone is 2. The second kappa shape index (κ2) is 23.1. The van der Waals surface area contributed by atoms with Gasteiger partial charge in [0, 0.05) is 38.8 Å². The quantitative estimate of drug-likeness (QED) is 0.0855. The highest BCUT2D eigenvalue weighted by Crippen LogP contribution is 2.27. The van der Waals surface area contributed by atoms with Crippen molar-refractivity contribution in [2.24, 2.45) is 0 Å². The number of aliphatic carboxylic acids is 1. The second-order valence-electron chi connectivity index (χ2n) is 14.4. The molecule has 3 amide bonds. The van der Waals surface area contributed by atoms with Crippen molar-refractivity contribution in [1.82, 2.24) is 15.1 Å². The largest absolute Gasteiger partial charge is 0.480 e. The van der Waals surface area contributed by atoms with E-state index in [9.17, 15) is 29.1 Å². The lowest BCUT2D eigenvalue weighted by Crippen LogP contribution is -2.51. The Morgan fingerprint density at radius 1 is 0.760 bits per heavy atom. The van der Waals surface area contributed by atoms with Gasteiger partial charge < -0.3 is 20.2 Å². The maximum Gasteiger partial charge on any atom is 0.326 e. The second-order valence-corrected chi connectivity index (χ2v) is 14.4. The average molecular weight is 694 g/mol. The van der Waals surface area contributed by atoms with E-state index in [1.54, 1.807) is 9.80 Å². The van der Waals surface area contributed by atoms with Gasteiger partial charge in [-0.05, 0) is 70.3 Å². The van der Waals surface area contributed by atoms with Crippen LogP contribution < -0.4 is 5.32 Å². The summed E-state index contributed by atoms with van der Waals surface area (Å²) in [7, 11) is 0. The molecule has 2 aliphatic rings. The summed E-state index contributed by atoms with van der Waals surface area (Å²) in [6.07, 6.45) is 23.3. The van der Waals surface area contributed by atoms with Gasteiger partial charge in [-0.15, -0.1) is 0 Å². The SMILES string of the molecule is CCCCCCCC/C=C\CCCCCCCC(=O)N1CCC[C@H]1C(=O)N1CCC[C@H]1C(=O)CCC(=O)N[C@@H](Cc1ccc(C)cc1)C(=O)O. The first kappa shape index (κ1) is 40.9. The average Bonchev–Trinajstić information content (AvgIpc) is 3.80. The number of nitrogens with one attached hydrogen (secondary N) is 1. The van der Waals surface area contributed by atoms with E-state index >= 15 is 0 Å². The Bertz CT molecular complexity index is 1250. The number of benzene rings is 1. The van der Waals surface area contributed by atoms with Crippen molar-refractivity contribution in [3.05, 3.63) is 47.5 Å². The zero-order chi connectivity index (χ0) is 36.1. The Hall–Kier alpha value is -3.49. The van der Waals surface area contributed by atoms with E-state index in [0.29, 0.717) is 38.8 Å². The number of ketones is 1. The molecule has 2 N–H and O–H groups in total. The summed E-state index contributed by atoms with van der Waals surface area (Å²) in [4.78, 5) is 67.9. The van der Waals surface area contributed by atoms with Gasteiger partial charge in [0.05, 0.1) is 6.04 Å². The molecule has 0 unspecified atom stereocenters. The van der Waals surface area contributed by atoms with Crippen LogP contribution in [-0.2, 0) is 30.4 Å². The first-order chi connectivity index (χ1) is 24.2. The molecule has 0 aliphatic carbocycles. The van der Waals surface area contributed by atoms with E-state index < -0.39 is 30.0 Å². The highest BCUT2D eigenvalue weighted by Gasteiger charge is 2.41. The van der Waals surface area contributed by atoms with Gasteiger partial charge in [-0.1, -0.05) is 100 Å². The van der Waals surface area contributed by atoms with E-state index in [2.05, 4.69) is 24.4 Å². The number of hydrogen-bond donors (Lipinski definition) is 2. The number of carboxylic acid groups (broad SMARTS) is 1. The van der Waals surface area contributed by atoms with Crippen molar-refractivity contribution in [3.63, 3.8) is 0 Å². The van der Waals surface area contributed by atoms with Gasteiger partial charge in [0.25, 0.3) is 0 Å². The first-order valence-corrected chi connectivity index (χ1v) is 19.6. The van der Waals surface area contributed by atoms with Gasteiger partial charge in [-0.25, -0.2) is 4.79 Å². The van der Waals surface area contributed by atoms with Crippen LogP contribution in [0.4, 0.5) is 0 Å².